The third-order valence-corrected chi connectivity index (χ3v) is 3.78. The Kier molecular flexibility index (Phi) is 5.65. The third-order valence-electron chi connectivity index (χ3n) is 2.76. The van der Waals surface area contributed by atoms with Crippen LogP contribution in [-0.2, 0) is 0 Å². The molecule has 3 aromatic rings. The van der Waals surface area contributed by atoms with E-state index in [0.29, 0.717) is 15.2 Å². The fourth-order valence-corrected chi connectivity index (χ4v) is 2.59. The fraction of sp³-hybridized carbons (Fsp3) is 0. The van der Waals surface area contributed by atoms with Crippen LogP contribution in [0.5, 0.6) is 0 Å². The Morgan fingerprint density at radius 2 is 1.64 bits per heavy atom. The van der Waals surface area contributed by atoms with Crippen molar-refractivity contribution in [3.05, 3.63) is 59.6 Å². The summed E-state index contributed by atoms with van der Waals surface area (Å²) in [5.74, 6) is 0. The Balaban J connectivity index is 0.00000176. The van der Waals surface area contributed by atoms with Gasteiger partial charge in [-0.1, -0.05) is 53.3 Å². The van der Waals surface area contributed by atoms with Gasteiger partial charge in [0.2, 0.25) is 0 Å². The second-order valence-electron chi connectivity index (χ2n) is 4.25. The average molecular weight is 395 g/mol. The average Bonchev–Trinajstić information content (AvgIpc) is 2.89. The molecule has 0 fully saturated rings. The molecule has 1 aromatic heterocycles. The number of azo groups is 1. The molecule has 4 nitrogen and oxygen atoms in total. The van der Waals surface area contributed by atoms with Gasteiger partial charge in [-0.05, 0) is 24.3 Å². The second-order valence-corrected chi connectivity index (χ2v) is 5.69. The van der Waals surface area contributed by atoms with Crippen molar-refractivity contribution in [2.45, 2.75) is 0 Å². The fourth-order valence-electron chi connectivity index (χ4n) is 1.79. The van der Waals surface area contributed by atoms with Crippen molar-refractivity contribution in [2.75, 3.05) is 5.73 Å². The van der Waals surface area contributed by atoms with Crippen molar-refractivity contribution in [1.29, 1.82) is 0 Å². The van der Waals surface area contributed by atoms with Crippen molar-refractivity contribution < 1.29 is 17.0 Å². The molecule has 0 saturated carbocycles. The minimum atomic E-state index is 0. The molecule has 3 rings (SSSR count). The van der Waals surface area contributed by atoms with Crippen LogP contribution >= 0.6 is 22.9 Å². The largest absolute Gasteiger partial charge is 1.00 e. The van der Waals surface area contributed by atoms with Gasteiger partial charge in [-0.25, -0.2) is 4.98 Å². The predicted molar refractivity (Wildman–Crippen MR) is 87.6 cm³/mol. The molecule has 0 radical (unpaired) electrons. The number of hydrogen-bond acceptors (Lipinski definition) is 5. The van der Waals surface area contributed by atoms with E-state index in [1.54, 1.807) is 24.3 Å². The lowest BCUT2D eigenvalue weighted by atomic mass is 10.2. The molecule has 112 valence electrons. The number of rotatable bonds is 3. The summed E-state index contributed by atoms with van der Waals surface area (Å²) in [6.45, 7) is 0. The van der Waals surface area contributed by atoms with E-state index in [-0.39, 0.29) is 17.0 Å². The van der Waals surface area contributed by atoms with Gasteiger partial charge in [0.1, 0.15) is 5.69 Å². The topological polar surface area (TPSA) is 63.6 Å². The number of nitrogen functional groups attached to an aromatic ring is 1. The molecule has 1 heterocycles. The Hall–Kier alpha value is -1.76. The van der Waals surface area contributed by atoms with Crippen LogP contribution in [-0.4, -0.2) is 4.98 Å². The summed E-state index contributed by atoms with van der Waals surface area (Å²) in [5.41, 5.74) is 8.24. The summed E-state index contributed by atoms with van der Waals surface area (Å²) in [7, 11) is 0. The van der Waals surface area contributed by atoms with Crippen molar-refractivity contribution in [2.24, 2.45) is 10.2 Å². The van der Waals surface area contributed by atoms with Gasteiger partial charge in [0.05, 0.1) is 5.69 Å². The zero-order valence-corrected chi connectivity index (χ0v) is 14.4. The van der Waals surface area contributed by atoms with Crippen LogP contribution in [0.15, 0.2) is 64.8 Å². The van der Waals surface area contributed by atoms with Gasteiger partial charge in [-0.2, -0.15) is 0 Å². The highest BCUT2D eigenvalue weighted by Gasteiger charge is 2.11. The quantitative estimate of drug-likeness (QED) is 0.694. The van der Waals surface area contributed by atoms with E-state index in [0.717, 1.165) is 16.9 Å². The molecule has 0 atom stereocenters. The molecule has 0 aliphatic heterocycles. The molecule has 0 amide bonds. The van der Waals surface area contributed by atoms with E-state index >= 15 is 0 Å². The molecular weight excluding hydrogens is 384 g/mol. The lowest BCUT2D eigenvalue weighted by Gasteiger charge is -1.97. The van der Waals surface area contributed by atoms with Gasteiger partial charge in [0, 0.05) is 10.6 Å². The summed E-state index contributed by atoms with van der Waals surface area (Å²) >= 11 is 7.15. The van der Waals surface area contributed by atoms with Crippen LogP contribution in [0.25, 0.3) is 11.3 Å². The highest BCUT2D eigenvalue weighted by molar-refractivity contribution is 7.19. The van der Waals surface area contributed by atoms with E-state index in [9.17, 15) is 0 Å². The number of nitrogens with zero attached hydrogens (tertiary/aromatic N) is 3. The lowest BCUT2D eigenvalue weighted by molar-refractivity contribution is -0.00000412. The van der Waals surface area contributed by atoms with Gasteiger partial charge < -0.3 is 22.7 Å². The molecule has 2 aromatic carbocycles. The van der Waals surface area contributed by atoms with Gasteiger partial charge in [0.15, 0.2) is 10.1 Å². The minimum Gasteiger partial charge on any atom is -1.00 e. The van der Waals surface area contributed by atoms with Crippen molar-refractivity contribution in [3.8, 4) is 11.3 Å². The van der Waals surface area contributed by atoms with E-state index in [1.807, 2.05) is 30.3 Å². The molecule has 0 aliphatic rings. The smallest absolute Gasteiger partial charge is 0.182 e. The van der Waals surface area contributed by atoms with Crippen LogP contribution in [0.3, 0.4) is 0 Å². The lowest BCUT2D eigenvalue weighted by Crippen LogP contribution is -3.00. The Morgan fingerprint density at radius 1 is 0.955 bits per heavy atom. The van der Waals surface area contributed by atoms with Crippen LogP contribution < -0.4 is 22.7 Å². The number of thiazole rings is 1. The normalized spacial score (nSPS) is 10.6. The molecule has 0 aliphatic carbocycles. The van der Waals surface area contributed by atoms with Crippen molar-refractivity contribution in [3.63, 3.8) is 0 Å². The number of halogens is 2. The van der Waals surface area contributed by atoms with E-state index in [4.69, 9.17) is 17.3 Å². The Morgan fingerprint density at radius 3 is 2.32 bits per heavy atom. The van der Waals surface area contributed by atoms with Crippen LogP contribution in [0.4, 0.5) is 15.8 Å². The van der Waals surface area contributed by atoms with Crippen LogP contribution in [0.1, 0.15) is 0 Å². The molecule has 0 saturated heterocycles. The van der Waals surface area contributed by atoms with Gasteiger partial charge in [-0.15, -0.1) is 10.2 Å². The first kappa shape index (κ1) is 16.6. The first-order chi connectivity index (χ1) is 10.2. The molecule has 2 N–H and O–H groups in total. The zero-order valence-electron chi connectivity index (χ0n) is 11.3. The van der Waals surface area contributed by atoms with Crippen molar-refractivity contribution >= 4 is 38.8 Å². The number of hydrogen-bond donors (Lipinski definition) is 1. The minimum absolute atomic E-state index is 0. The summed E-state index contributed by atoms with van der Waals surface area (Å²) in [4.78, 5) is 4.33. The monoisotopic (exact) mass is 393 g/mol. The molecule has 0 spiro atoms. The highest BCUT2D eigenvalue weighted by atomic mass is 79.9. The number of aromatic nitrogens is 1. The molecule has 22 heavy (non-hydrogen) atoms. The van der Waals surface area contributed by atoms with Gasteiger partial charge in [-0.3, -0.25) is 0 Å². The molecule has 7 heteroatoms. The van der Waals surface area contributed by atoms with Crippen LogP contribution in [0, 0.1) is 0 Å². The third kappa shape index (κ3) is 3.91. The number of nitrogens with two attached hydrogens (primary N) is 1. The summed E-state index contributed by atoms with van der Waals surface area (Å²) in [6, 6.07) is 16.9. The first-order valence-corrected chi connectivity index (χ1v) is 7.41. The maximum atomic E-state index is 5.84. The van der Waals surface area contributed by atoms with Gasteiger partial charge >= 0.3 is 0 Å². The molecular formula is C15H11BrClN4S-. The van der Waals surface area contributed by atoms with Crippen molar-refractivity contribution in [1.82, 2.24) is 4.98 Å². The summed E-state index contributed by atoms with van der Waals surface area (Å²) < 4.78 is 0. The standard InChI is InChI=1S/C15H11ClN4S.BrH/c16-11-6-8-12(9-7-11)19-20-14-13(18-15(17)21-14)10-4-2-1-3-5-10;/h1-9H,(H2,17,18);1H/p-1. The van der Waals surface area contributed by atoms with E-state index in [1.165, 1.54) is 11.3 Å². The predicted octanol–water partition coefficient (Wildman–Crippen LogP) is 2.47. The maximum absolute atomic E-state index is 5.84. The maximum Gasteiger partial charge on any atom is 0.182 e. The molecule has 0 bridgehead atoms. The first-order valence-electron chi connectivity index (χ1n) is 6.21. The Bertz CT molecular complexity index is 772. The zero-order chi connectivity index (χ0) is 14.7. The summed E-state index contributed by atoms with van der Waals surface area (Å²) in [5, 5.41) is 10.3. The highest BCUT2D eigenvalue weighted by Crippen LogP contribution is 2.37. The van der Waals surface area contributed by atoms with Gasteiger partial charge in [0.25, 0.3) is 0 Å². The number of benzene rings is 2. The number of anilines is 1. The van der Waals surface area contributed by atoms with E-state index in [2.05, 4.69) is 15.2 Å². The summed E-state index contributed by atoms with van der Waals surface area (Å²) in [6.07, 6.45) is 0. The Labute approximate surface area is 147 Å². The SMILES string of the molecule is Nc1nc(-c2ccccc2)c(N=Nc2ccc(Cl)cc2)s1.[Br-]. The van der Waals surface area contributed by atoms with E-state index < -0.39 is 0 Å². The van der Waals surface area contributed by atoms with Crippen LogP contribution in [0.2, 0.25) is 5.02 Å². The second kappa shape index (κ2) is 7.49. The molecule has 0 unspecified atom stereocenters.